The van der Waals surface area contributed by atoms with Crippen molar-refractivity contribution in [3.05, 3.63) is 12.7 Å². The number of halogens is 2. The Hall–Kier alpha value is 0.320. The van der Waals surface area contributed by atoms with Crippen molar-refractivity contribution in [3.63, 3.8) is 0 Å². The van der Waals surface area contributed by atoms with E-state index in [1.807, 2.05) is 0 Å². The van der Waals surface area contributed by atoms with E-state index < -0.39 is 0 Å². The van der Waals surface area contributed by atoms with Crippen LogP contribution >= 0.6 is 23.2 Å². The normalized spacial score (nSPS) is 13.7. The summed E-state index contributed by atoms with van der Waals surface area (Å²) in [7, 11) is 0. The van der Waals surface area contributed by atoms with Crippen LogP contribution in [0.1, 0.15) is 0 Å². The van der Waals surface area contributed by atoms with Gasteiger partial charge in [0.1, 0.15) is 0 Å². The first-order chi connectivity index (χ1) is 2.81. The monoisotopic (exact) mass is 124 g/mol. The Bertz CT molecular complexity index is 42.8. The zero-order chi connectivity index (χ0) is 4.99. The molecule has 0 aliphatic carbocycles. The molecular formula is C4H6Cl2. The maximum Gasteiger partial charge on any atom is 0.0648 e. The Labute approximate surface area is 47.8 Å². The predicted molar refractivity (Wildman–Crippen MR) is 30.6 cm³/mol. The van der Waals surface area contributed by atoms with Crippen molar-refractivity contribution in [2.75, 3.05) is 5.88 Å². The third-order valence-electron chi connectivity index (χ3n) is 0.403. The van der Waals surface area contributed by atoms with Crippen LogP contribution in [0.5, 0.6) is 0 Å². The summed E-state index contributed by atoms with van der Waals surface area (Å²) < 4.78 is 0. The van der Waals surface area contributed by atoms with E-state index in [9.17, 15) is 0 Å². The SMILES string of the molecule is C=CC(Cl)CCl. The first-order valence-corrected chi connectivity index (χ1v) is 2.61. The fourth-order valence-electron chi connectivity index (χ4n) is 0.0630. The van der Waals surface area contributed by atoms with E-state index in [1.165, 1.54) is 0 Å². The minimum Gasteiger partial charge on any atom is -0.125 e. The summed E-state index contributed by atoms with van der Waals surface area (Å²) in [5, 5.41) is -0.0633. The Kier molecular flexibility index (Phi) is 3.70. The van der Waals surface area contributed by atoms with E-state index in [0.29, 0.717) is 5.88 Å². The molecule has 0 rings (SSSR count). The number of hydrogen-bond donors (Lipinski definition) is 0. The summed E-state index contributed by atoms with van der Waals surface area (Å²) in [6.45, 7) is 3.42. The Morgan fingerprint density at radius 2 is 2.33 bits per heavy atom. The average Bonchev–Trinajstić information content (AvgIpc) is 1.65. The summed E-state index contributed by atoms with van der Waals surface area (Å²) in [6, 6.07) is 0. The second-order valence-corrected chi connectivity index (χ2v) is 1.78. The molecule has 6 heavy (non-hydrogen) atoms. The van der Waals surface area contributed by atoms with Crippen molar-refractivity contribution in [2.24, 2.45) is 0 Å². The Morgan fingerprint density at radius 3 is 2.33 bits per heavy atom. The van der Waals surface area contributed by atoms with E-state index in [1.54, 1.807) is 6.08 Å². The van der Waals surface area contributed by atoms with Gasteiger partial charge >= 0.3 is 0 Å². The zero-order valence-corrected chi connectivity index (χ0v) is 4.84. The Balaban J connectivity index is 2.96. The van der Waals surface area contributed by atoms with E-state index in [0.717, 1.165) is 0 Å². The van der Waals surface area contributed by atoms with E-state index in [-0.39, 0.29) is 5.38 Å². The van der Waals surface area contributed by atoms with E-state index in [4.69, 9.17) is 23.2 Å². The third-order valence-corrected chi connectivity index (χ3v) is 1.23. The van der Waals surface area contributed by atoms with Crippen LogP contribution < -0.4 is 0 Å². The van der Waals surface area contributed by atoms with Crippen LogP contribution in [0.3, 0.4) is 0 Å². The molecule has 0 N–H and O–H groups in total. The molecule has 1 unspecified atom stereocenters. The molecule has 0 aromatic carbocycles. The fourth-order valence-corrected chi connectivity index (χ4v) is 0.189. The smallest absolute Gasteiger partial charge is 0.0648 e. The van der Waals surface area contributed by atoms with Crippen molar-refractivity contribution in [2.45, 2.75) is 5.38 Å². The molecule has 0 aromatic heterocycles. The standard InChI is InChI=1S/C4H6Cl2/c1-2-4(6)3-5/h2,4H,1,3H2. The molecule has 0 aromatic rings. The third kappa shape index (κ3) is 2.55. The van der Waals surface area contributed by atoms with Crippen LogP contribution in [0, 0.1) is 0 Å². The van der Waals surface area contributed by atoms with Gasteiger partial charge in [0.05, 0.1) is 5.38 Å². The summed E-state index contributed by atoms with van der Waals surface area (Å²) in [5.74, 6) is 0.449. The van der Waals surface area contributed by atoms with Gasteiger partial charge in [0.2, 0.25) is 0 Å². The van der Waals surface area contributed by atoms with Crippen LogP contribution in [-0.2, 0) is 0 Å². The maximum atomic E-state index is 5.40. The fraction of sp³-hybridized carbons (Fsp3) is 0.500. The van der Waals surface area contributed by atoms with Gasteiger partial charge in [0.25, 0.3) is 0 Å². The summed E-state index contributed by atoms with van der Waals surface area (Å²) in [4.78, 5) is 0. The second kappa shape index (κ2) is 3.51. The molecule has 0 nitrogen and oxygen atoms in total. The highest BCUT2D eigenvalue weighted by Gasteiger charge is 1.89. The van der Waals surface area contributed by atoms with Gasteiger partial charge in [-0.1, -0.05) is 6.08 Å². The van der Waals surface area contributed by atoms with Crippen LogP contribution in [0.4, 0.5) is 0 Å². The quantitative estimate of drug-likeness (QED) is 0.391. The predicted octanol–water partition coefficient (Wildman–Crippen LogP) is 2.02. The van der Waals surface area contributed by atoms with Crippen molar-refractivity contribution < 1.29 is 0 Å². The molecule has 0 bridgehead atoms. The van der Waals surface area contributed by atoms with Crippen LogP contribution in [0.25, 0.3) is 0 Å². The zero-order valence-electron chi connectivity index (χ0n) is 3.32. The maximum absolute atomic E-state index is 5.40. The summed E-state index contributed by atoms with van der Waals surface area (Å²) in [5.41, 5.74) is 0. The molecule has 0 saturated carbocycles. The lowest BCUT2D eigenvalue weighted by Crippen LogP contribution is -1.90. The number of hydrogen-bond acceptors (Lipinski definition) is 0. The highest BCUT2D eigenvalue weighted by atomic mass is 35.5. The number of alkyl halides is 2. The summed E-state index contributed by atoms with van der Waals surface area (Å²) >= 11 is 10.6. The molecular weight excluding hydrogens is 119 g/mol. The Morgan fingerprint density at radius 1 is 1.83 bits per heavy atom. The van der Waals surface area contributed by atoms with Gasteiger partial charge in [-0.05, 0) is 0 Å². The molecule has 0 fully saturated rings. The molecule has 0 radical (unpaired) electrons. The number of rotatable bonds is 2. The first-order valence-electron chi connectivity index (χ1n) is 1.64. The largest absolute Gasteiger partial charge is 0.125 e. The molecule has 2 heteroatoms. The topological polar surface area (TPSA) is 0 Å². The number of allylic oxidation sites excluding steroid dienone is 1. The summed E-state index contributed by atoms with van der Waals surface area (Å²) in [6.07, 6.45) is 1.61. The van der Waals surface area contributed by atoms with Crippen molar-refractivity contribution in [3.8, 4) is 0 Å². The molecule has 0 heterocycles. The van der Waals surface area contributed by atoms with Gasteiger partial charge in [-0.15, -0.1) is 29.8 Å². The minimum atomic E-state index is -0.0633. The molecule has 1 atom stereocenters. The first kappa shape index (κ1) is 6.32. The van der Waals surface area contributed by atoms with Gasteiger partial charge in [-0.25, -0.2) is 0 Å². The lowest BCUT2D eigenvalue weighted by Gasteiger charge is -1.89. The van der Waals surface area contributed by atoms with Crippen LogP contribution in [0.2, 0.25) is 0 Å². The molecule has 36 valence electrons. The van der Waals surface area contributed by atoms with Crippen molar-refractivity contribution in [1.29, 1.82) is 0 Å². The van der Waals surface area contributed by atoms with Gasteiger partial charge in [0.15, 0.2) is 0 Å². The molecule has 0 spiro atoms. The highest BCUT2D eigenvalue weighted by Crippen LogP contribution is 1.96. The average molecular weight is 125 g/mol. The van der Waals surface area contributed by atoms with Gasteiger partial charge < -0.3 is 0 Å². The molecule has 0 aliphatic heterocycles. The van der Waals surface area contributed by atoms with Crippen molar-refractivity contribution in [1.82, 2.24) is 0 Å². The van der Waals surface area contributed by atoms with Crippen LogP contribution in [-0.4, -0.2) is 11.3 Å². The lowest BCUT2D eigenvalue weighted by atomic mass is 10.5. The highest BCUT2D eigenvalue weighted by molar-refractivity contribution is 6.28. The van der Waals surface area contributed by atoms with E-state index in [2.05, 4.69) is 6.58 Å². The second-order valence-electron chi connectivity index (χ2n) is 0.906. The molecule has 0 amide bonds. The van der Waals surface area contributed by atoms with Gasteiger partial charge in [-0.3, -0.25) is 0 Å². The van der Waals surface area contributed by atoms with Crippen LogP contribution in [0.15, 0.2) is 12.7 Å². The minimum absolute atomic E-state index is 0.0633. The van der Waals surface area contributed by atoms with Gasteiger partial charge in [-0.2, -0.15) is 0 Å². The van der Waals surface area contributed by atoms with Crippen molar-refractivity contribution >= 4 is 23.2 Å². The van der Waals surface area contributed by atoms with E-state index >= 15 is 0 Å². The molecule has 0 saturated heterocycles. The molecule has 0 aliphatic rings. The van der Waals surface area contributed by atoms with Gasteiger partial charge in [0, 0.05) is 5.88 Å². The lowest BCUT2D eigenvalue weighted by molar-refractivity contribution is 1.25.